The highest BCUT2D eigenvalue weighted by Crippen LogP contribution is 2.41. The van der Waals surface area contributed by atoms with E-state index in [2.05, 4.69) is 0 Å². The van der Waals surface area contributed by atoms with Gasteiger partial charge < -0.3 is 48.6 Å². The van der Waals surface area contributed by atoms with Gasteiger partial charge in [-0.1, -0.05) is 0 Å². The average molecular weight is 564 g/mol. The Kier molecular flexibility index (Phi) is 7.71. The Morgan fingerprint density at radius 1 is 0.512 bits per heavy atom. The van der Waals surface area contributed by atoms with E-state index in [4.69, 9.17) is 33.3 Å². The molecule has 6 aromatic rings. The van der Waals surface area contributed by atoms with Crippen molar-refractivity contribution in [1.82, 2.24) is 0 Å². The van der Waals surface area contributed by atoms with Gasteiger partial charge in [0.15, 0.2) is 34.2 Å². The Morgan fingerprint density at radius 3 is 1.66 bits per heavy atom. The summed E-state index contributed by atoms with van der Waals surface area (Å²) in [7, 11) is 1.36. The third-order valence-corrected chi connectivity index (χ3v) is 5.50. The number of fused-ring (bicyclic) bond motifs is 3. The van der Waals surface area contributed by atoms with Gasteiger partial charge in [0.1, 0.15) is 5.58 Å². The molecule has 13 heteroatoms. The molecule has 3 aromatic carbocycles. The third kappa shape index (κ3) is 5.98. The Bertz CT molecular complexity index is 2060. The number of phenolic OH excluding ortho intramolecular Hbond substituents is 6. The van der Waals surface area contributed by atoms with E-state index in [1.165, 1.54) is 67.8 Å². The molecule has 6 N–H and O–H groups in total. The second kappa shape index (κ2) is 11.3. The quantitative estimate of drug-likeness (QED) is 0.124. The molecule has 0 bridgehead atoms. The minimum absolute atomic E-state index is 0.00694. The highest BCUT2D eigenvalue weighted by molar-refractivity contribution is 5.87. The SMILES string of the molecule is COc1cc2ccc(=O)oc2c(O)c1O.O=c1ccc2cc(O)c(O)cc2o1.O=c1ccc2ccc(O)c(O)c2o1. The third-order valence-electron chi connectivity index (χ3n) is 5.50. The van der Waals surface area contributed by atoms with E-state index in [1.54, 1.807) is 6.07 Å². The Balaban J connectivity index is 0.000000142. The maximum atomic E-state index is 10.9. The summed E-state index contributed by atoms with van der Waals surface area (Å²) in [4.78, 5) is 32.5. The van der Waals surface area contributed by atoms with Gasteiger partial charge in [-0.15, -0.1) is 0 Å². The summed E-state index contributed by atoms with van der Waals surface area (Å²) in [6.07, 6.45) is 0. The minimum Gasteiger partial charge on any atom is -0.504 e. The van der Waals surface area contributed by atoms with Crippen molar-refractivity contribution < 1.29 is 48.6 Å². The molecule has 0 aliphatic carbocycles. The summed E-state index contributed by atoms with van der Waals surface area (Å²) < 4.78 is 19.1. The van der Waals surface area contributed by atoms with Crippen LogP contribution >= 0.6 is 0 Å². The highest BCUT2D eigenvalue weighted by atomic mass is 16.5. The van der Waals surface area contributed by atoms with E-state index >= 15 is 0 Å². The van der Waals surface area contributed by atoms with Gasteiger partial charge >= 0.3 is 16.9 Å². The molecule has 13 nitrogen and oxygen atoms in total. The van der Waals surface area contributed by atoms with Crippen LogP contribution in [-0.4, -0.2) is 37.7 Å². The van der Waals surface area contributed by atoms with E-state index in [0.717, 1.165) is 0 Å². The first-order valence-electron chi connectivity index (χ1n) is 11.4. The fraction of sp³-hybridized carbons (Fsp3) is 0.0357. The number of aromatic hydroxyl groups is 6. The molecule has 0 amide bonds. The van der Waals surface area contributed by atoms with Gasteiger partial charge in [0.05, 0.1) is 7.11 Å². The molecule has 0 aliphatic rings. The van der Waals surface area contributed by atoms with E-state index in [-0.39, 0.29) is 39.7 Å². The molecular formula is C28H20O13. The number of methoxy groups -OCH3 is 1. The molecular weight excluding hydrogens is 544 g/mol. The van der Waals surface area contributed by atoms with Crippen molar-refractivity contribution in [2.24, 2.45) is 0 Å². The van der Waals surface area contributed by atoms with Gasteiger partial charge in [-0.2, -0.15) is 0 Å². The van der Waals surface area contributed by atoms with Gasteiger partial charge in [-0.05, 0) is 42.5 Å². The molecule has 3 aromatic heterocycles. The van der Waals surface area contributed by atoms with E-state index in [1.807, 2.05) is 0 Å². The van der Waals surface area contributed by atoms with Crippen LogP contribution in [0.5, 0.6) is 40.2 Å². The fourth-order valence-electron chi connectivity index (χ4n) is 3.52. The molecule has 0 atom stereocenters. The molecule has 0 saturated heterocycles. The van der Waals surface area contributed by atoms with E-state index in [9.17, 15) is 29.7 Å². The lowest BCUT2D eigenvalue weighted by molar-refractivity contribution is 0.349. The summed E-state index contributed by atoms with van der Waals surface area (Å²) in [6, 6.07) is 15.1. The fourth-order valence-corrected chi connectivity index (χ4v) is 3.52. The number of rotatable bonds is 1. The monoisotopic (exact) mass is 564 g/mol. The van der Waals surface area contributed by atoms with Gasteiger partial charge in [-0.25, -0.2) is 14.4 Å². The lowest BCUT2D eigenvalue weighted by Crippen LogP contribution is -1.95. The molecule has 0 aliphatic heterocycles. The maximum Gasteiger partial charge on any atom is 0.336 e. The molecule has 0 radical (unpaired) electrons. The number of benzene rings is 3. The van der Waals surface area contributed by atoms with Gasteiger partial charge in [0.2, 0.25) is 17.2 Å². The van der Waals surface area contributed by atoms with Gasteiger partial charge in [-0.3, -0.25) is 0 Å². The molecule has 0 saturated carbocycles. The van der Waals surface area contributed by atoms with Crippen molar-refractivity contribution in [2.45, 2.75) is 0 Å². The zero-order chi connectivity index (χ0) is 29.8. The Morgan fingerprint density at radius 2 is 1.02 bits per heavy atom. The maximum absolute atomic E-state index is 10.9. The lowest BCUT2D eigenvalue weighted by Gasteiger charge is -2.06. The molecule has 41 heavy (non-hydrogen) atoms. The number of hydrogen-bond donors (Lipinski definition) is 6. The summed E-state index contributed by atoms with van der Waals surface area (Å²) in [5.74, 6) is -2.07. The van der Waals surface area contributed by atoms with Crippen LogP contribution in [0, 0.1) is 0 Å². The summed E-state index contributed by atoms with van der Waals surface area (Å²) in [5.41, 5.74) is -1.44. The topological polar surface area (TPSA) is 221 Å². The average Bonchev–Trinajstić information content (AvgIpc) is 2.95. The van der Waals surface area contributed by atoms with Gasteiger partial charge in [0.25, 0.3) is 0 Å². The minimum atomic E-state index is -0.595. The van der Waals surface area contributed by atoms with Crippen molar-refractivity contribution in [3.05, 3.63) is 98.0 Å². The summed E-state index contributed by atoms with van der Waals surface area (Å²) >= 11 is 0. The van der Waals surface area contributed by atoms with Crippen LogP contribution in [0.4, 0.5) is 0 Å². The van der Waals surface area contributed by atoms with Crippen molar-refractivity contribution in [3.63, 3.8) is 0 Å². The highest BCUT2D eigenvalue weighted by Gasteiger charge is 2.14. The first-order chi connectivity index (χ1) is 19.5. The number of hydrogen-bond acceptors (Lipinski definition) is 13. The second-order valence-corrected chi connectivity index (χ2v) is 8.19. The summed E-state index contributed by atoms with van der Waals surface area (Å²) in [5, 5.41) is 57.2. The second-order valence-electron chi connectivity index (χ2n) is 8.19. The zero-order valence-corrected chi connectivity index (χ0v) is 20.9. The van der Waals surface area contributed by atoms with Crippen LogP contribution in [0.1, 0.15) is 0 Å². The van der Waals surface area contributed by atoms with Crippen molar-refractivity contribution >= 4 is 32.9 Å². The Labute approximate surface area is 227 Å². The van der Waals surface area contributed by atoms with E-state index in [0.29, 0.717) is 16.2 Å². The van der Waals surface area contributed by atoms with Crippen LogP contribution in [0.15, 0.2) is 94.4 Å². The van der Waals surface area contributed by atoms with Crippen LogP contribution < -0.4 is 21.6 Å². The van der Waals surface area contributed by atoms with Crippen LogP contribution in [0.3, 0.4) is 0 Å². The largest absolute Gasteiger partial charge is 0.504 e. The first-order valence-corrected chi connectivity index (χ1v) is 11.4. The predicted octanol–water partition coefficient (Wildman–Crippen LogP) is 3.62. The standard InChI is InChI=1S/C10H8O5.2C9H6O4/c1-14-6-4-5-2-3-7(11)15-10(5)9(13)8(6)12;10-6-3-1-5-2-4-7(11)13-9(5)8(6)12;10-6-3-5-1-2-9(12)13-8(5)4-7(6)11/h2-4,12-13H,1H3;1-4,10,12H;1-4,10-11H. The smallest absolute Gasteiger partial charge is 0.336 e. The molecule has 0 unspecified atom stereocenters. The predicted molar refractivity (Wildman–Crippen MR) is 144 cm³/mol. The molecule has 6 rings (SSSR count). The molecule has 3 heterocycles. The van der Waals surface area contributed by atoms with Crippen molar-refractivity contribution in [2.75, 3.05) is 7.11 Å². The van der Waals surface area contributed by atoms with Crippen molar-refractivity contribution in [1.29, 1.82) is 0 Å². The van der Waals surface area contributed by atoms with E-state index < -0.39 is 34.1 Å². The van der Waals surface area contributed by atoms with Crippen molar-refractivity contribution in [3.8, 4) is 40.2 Å². The Hall–Kier alpha value is -6.11. The molecule has 0 fully saturated rings. The molecule has 0 spiro atoms. The zero-order valence-electron chi connectivity index (χ0n) is 20.9. The summed E-state index contributed by atoms with van der Waals surface area (Å²) in [6.45, 7) is 0. The first kappa shape index (κ1) is 27.9. The number of ether oxygens (including phenoxy) is 1. The number of phenols is 6. The molecule has 210 valence electrons. The van der Waals surface area contributed by atoms with Crippen LogP contribution in [-0.2, 0) is 0 Å². The normalized spacial score (nSPS) is 10.5. The lowest BCUT2D eigenvalue weighted by atomic mass is 10.2. The van der Waals surface area contributed by atoms with Crippen LogP contribution in [0.25, 0.3) is 32.9 Å². The van der Waals surface area contributed by atoms with Gasteiger partial charge in [0, 0.05) is 40.4 Å². The van der Waals surface area contributed by atoms with Crippen LogP contribution in [0.2, 0.25) is 0 Å².